The maximum absolute atomic E-state index is 6.26. The number of hydrogen-bond acceptors (Lipinski definition) is 1. The number of rotatable bonds is 17. The van der Waals surface area contributed by atoms with E-state index in [2.05, 4.69) is 63.2 Å². The molecule has 2 aromatic rings. The molecule has 0 unspecified atom stereocenters. The third kappa shape index (κ3) is 10.9. The van der Waals surface area contributed by atoms with E-state index in [-0.39, 0.29) is 0 Å². The van der Waals surface area contributed by atoms with Crippen LogP contribution in [0.4, 0.5) is 0 Å². The van der Waals surface area contributed by atoms with Crippen molar-refractivity contribution in [3.8, 4) is 5.75 Å². The van der Waals surface area contributed by atoms with E-state index in [0.717, 1.165) is 25.2 Å². The van der Waals surface area contributed by atoms with Crippen LogP contribution in [0.1, 0.15) is 113 Å². The third-order valence-corrected chi connectivity index (χ3v) is 6.21. The van der Waals surface area contributed by atoms with Crippen LogP contribution in [-0.2, 0) is 12.8 Å². The topological polar surface area (TPSA) is 9.23 Å². The molecule has 0 saturated carbocycles. The van der Waals surface area contributed by atoms with Crippen molar-refractivity contribution >= 4 is 0 Å². The van der Waals surface area contributed by atoms with Crippen LogP contribution in [0.3, 0.4) is 0 Å². The van der Waals surface area contributed by atoms with Crippen molar-refractivity contribution in [3.05, 3.63) is 64.7 Å². The monoisotopic (exact) mass is 422 g/mol. The second-order valence-electron chi connectivity index (χ2n) is 9.24. The lowest BCUT2D eigenvalue weighted by Crippen LogP contribution is -2.02. The molecule has 0 bridgehead atoms. The minimum absolute atomic E-state index is 0.837. The molecular formula is C30H46O. The highest BCUT2D eigenvalue weighted by Crippen LogP contribution is 2.25. The SMILES string of the molecule is CCCCCCCCOc1ccc(CCCCCCCC)cc1Cc1ccc(C)cc1. The molecular weight excluding hydrogens is 376 g/mol. The first-order valence-corrected chi connectivity index (χ1v) is 13.0. The summed E-state index contributed by atoms with van der Waals surface area (Å²) in [6.45, 7) is 7.55. The van der Waals surface area contributed by atoms with Gasteiger partial charge in [-0.05, 0) is 48.9 Å². The average molecular weight is 423 g/mol. The van der Waals surface area contributed by atoms with E-state index in [1.165, 1.54) is 99.3 Å². The molecule has 0 fully saturated rings. The van der Waals surface area contributed by atoms with Crippen molar-refractivity contribution in [2.24, 2.45) is 0 Å². The lowest BCUT2D eigenvalue weighted by molar-refractivity contribution is 0.301. The van der Waals surface area contributed by atoms with E-state index < -0.39 is 0 Å². The molecule has 172 valence electrons. The Morgan fingerprint density at radius 2 is 1.19 bits per heavy atom. The Labute approximate surface area is 192 Å². The zero-order chi connectivity index (χ0) is 22.2. The molecule has 0 N–H and O–H groups in total. The van der Waals surface area contributed by atoms with Gasteiger partial charge in [0.05, 0.1) is 6.61 Å². The Balaban J connectivity index is 1.92. The van der Waals surface area contributed by atoms with Crippen LogP contribution >= 0.6 is 0 Å². The second-order valence-corrected chi connectivity index (χ2v) is 9.24. The maximum atomic E-state index is 6.26. The molecule has 1 nitrogen and oxygen atoms in total. The zero-order valence-electron chi connectivity index (χ0n) is 20.6. The summed E-state index contributed by atoms with van der Waals surface area (Å²) in [7, 11) is 0. The smallest absolute Gasteiger partial charge is 0.122 e. The summed E-state index contributed by atoms with van der Waals surface area (Å²) in [6.07, 6.45) is 18.1. The van der Waals surface area contributed by atoms with Crippen molar-refractivity contribution in [1.29, 1.82) is 0 Å². The van der Waals surface area contributed by atoms with E-state index in [4.69, 9.17) is 4.74 Å². The molecule has 0 radical (unpaired) electrons. The van der Waals surface area contributed by atoms with E-state index in [0.29, 0.717) is 0 Å². The Hall–Kier alpha value is -1.76. The summed E-state index contributed by atoms with van der Waals surface area (Å²) in [4.78, 5) is 0. The van der Waals surface area contributed by atoms with Gasteiger partial charge in [0, 0.05) is 6.42 Å². The van der Waals surface area contributed by atoms with Gasteiger partial charge in [-0.2, -0.15) is 0 Å². The van der Waals surface area contributed by atoms with Crippen LogP contribution in [-0.4, -0.2) is 6.61 Å². The molecule has 0 atom stereocenters. The maximum Gasteiger partial charge on any atom is 0.122 e. The molecule has 0 aromatic heterocycles. The second kappa shape index (κ2) is 16.0. The Morgan fingerprint density at radius 1 is 0.613 bits per heavy atom. The van der Waals surface area contributed by atoms with Crippen LogP contribution in [0.15, 0.2) is 42.5 Å². The summed E-state index contributed by atoms with van der Waals surface area (Å²) in [6, 6.07) is 15.9. The van der Waals surface area contributed by atoms with E-state index in [1.807, 2.05) is 0 Å². The van der Waals surface area contributed by atoms with Gasteiger partial charge in [0.2, 0.25) is 0 Å². The van der Waals surface area contributed by atoms with Gasteiger partial charge in [0.15, 0.2) is 0 Å². The quantitative estimate of drug-likeness (QED) is 0.231. The van der Waals surface area contributed by atoms with E-state index in [9.17, 15) is 0 Å². The lowest BCUT2D eigenvalue weighted by atomic mass is 9.98. The summed E-state index contributed by atoms with van der Waals surface area (Å²) in [5.74, 6) is 1.08. The molecule has 0 spiro atoms. The van der Waals surface area contributed by atoms with Gasteiger partial charge in [-0.15, -0.1) is 0 Å². The van der Waals surface area contributed by atoms with Gasteiger partial charge >= 0.3 is 0 Å². The van der Waals surface area contributed by atoms with Gasteiger partial charge < -0.3 is 4.74 Å². The van der Waals surface area contributed by atoms with Gasteiger partial charge in [0.1, 0.15) is 5.75 Å². The van der Waals surface area contributed by atoms with Gasteiger partial charge in [0.25, 0.3) is 0 Å². The van der Waals surface area contributed by atoms with Gasteiger partial charge in [-0.3, -0.25) is 0 Å². The number of benzene rings is 2. The van der Waals surface area contributed by atoms with Crippen molar-refractivity contribution in [1.82, 2.24) is 0 Å². The lowest BCUT2D eigenvalue weighted by Gasteiger charge is -2.14. The molecule has 0 aliphatic rings. The summed E-state index contributed by atoms with van der Waals surface area (Å²) in [5.41, 5.74) is 5.50. The molecule has 0 heterocycles. The number of hydrogen-bond donors (Lipinski definition) is 0. The number of ether oxygens (including phenoxy) is 1. The number of unbranched alkanes of at least 4 members (excludes halogenated alkanes) is 10. The summed E-state index contributed by atoms with van der Waals surface area (Å²) in [5, 5.41) is 0. The fraction of sp³-hybridized carbons (Fsp3) is 0.600. The highest BCUT2D eigenvalue weighted by molar-refractivity contribution is 5.41. The first-order valence-electron chi connectivity index (χ1n) is 13.0. The van der Waals surface area contributed by atoms with Crippen molar-refractivity contribution in [2.45, 2.75) is 111 Å². The van der Waals surface area contributed by atoms with Gasteiger partial charge in [-0.25, -0.2) is 0 Å². The molecule has 1 heteroatoms. The van der Waals surface area contributed by atoms with Crippen LogP contribution in [0.2, 0.25) is 0 Å². The minimum atomic E-state index is 0.837. The summed E-state index contributed by atoms with van der Waals surface area (Å²) >= 11 is 0. The number of aryl methyl sites for hydroxylation is 2. The fourth-order valence-electron chi connectivity index (χ4n) is 4.17. The average Bonchev–Trinajstić information content (AvgIpc) is 2.78. The fourth-order valence-corrected chi connectivity index (χ4v) is 4.17. The first kappa shape index (κ1) is 25.5. The molecule has 0 saturated heterocycles. The van der Waals surface area contributed by atoms with Crippen molar-refractivity contribution in [3.63, 3.8) is 0 Å². The van der Waals surface area contributed by atoms with Gasteiger partial charge in [-0.1, -0.05) is 120 Å². The van der Waals surface area contributed by atoms with Crippen LogP contribution < -0.4 is 4.74 Å². The Bertz CT molecular complexity index is 701. The Morgan fingerprint density at radius 3 is 1.87 bits per heavy atom. The molecule has 0 amide bonds. The standard InChI is InChI=1S/C30H46O/c1-4-6-8-10-12-14-16-27-21-22-30(31-23-15-13-11-9-7-5-2)29(24-27)25-28-19-17-26(3)18-20-28/h17-22,24H,4-16,23,25H2,1-3H3. The normalized spacial score (nSPS) is 11.1. The highest BCUT2D eigenvalue weighted by Gasteiger charge is 2.08. The van der Waals surface area contributed by atoms with Crippen molar-refractivity contribution in [2.75, 3.05) is 6.61 Å². The largest absolute Gasteiger partial charge is 0.493 e. The van der Waals surface area contributed by atoms with E-state index in [1.54, 1.807) is 0 Å². The van der Waals surface area contributed by atoms with Crippen LogP contribution in [0.25, 0.3) is 0 Å². The first-order chi connectivity index (χ1) is 15.2. The molecule has 2 rings (SSSR count). The molecule has 2 aromatic carbocycles. The van der Waals surface area contributed by atoms with Crippen LogP contribution in [0, 0.1) is 6.92 Å². The van der Waals surface area contributed by atoms with E-state index >= 15 is 0 Å². The molecule has 0 aliphatic carbocycles. The van der Waals surface area contributed by atoms with Crippen molar-refractivity contribution < 1.29 is 4.74 Å². The predicted octanol–water partition coefficient (Wildman–Crippen LogP) is 9.23. The molecule has 0 aliphatic heterocycles. The highest BCUT2D eigenvalue weighted by atomic mass is 16.5. The molecule has 31 heavy (non-hydrogen) atoms. The Kier molecular flexibility index (Phi) is 13.1. The zero-order valence-corrected chi connectivity index (χ0v) is 20.6. The van der Waals surface area contributed by atoms with Crippen LogP contribution in [0.5, 0.6) is 5.75 Å². The third-order valence-electron chi connectivity index (χ3n) is 6.21. The predicted molar refractivity (Wildman–Crippen MR) is 136 cm³/mol. The summed E-state index contributed by atoms with van der Waals surface area (Å²) < 4.78 is 6.26. The minimum Gasteiger partial charge on any atom is -0.493 e.